The van der Waals surface area contributed by atoms with Crippen LogP contribution in [-0.2, 0) is 16.1 Å². The maximum atomic E-state index is 13.8. The van der Waals surface area contributed by atoms with Crippen molar-refractivity contribution in [3.05, 3.63) is 65.7 Å². The van der Waals surface area contributed by atoms with Gasteiger partial charge in [-0.2, -0.15) is 0 Å². The van der Waals surface area contributed by atoms with E-state index in [1.807, 2.05) is 54.6 Å². The molecule has 7 heteroatoms. The lowest BCUT2D eigenvalue weighted by atomic mass is 9.94. The summed E-state index contributed by atoms with van der Waals surface area (Å²) in [5, 5.41) is 4.90. The number of thioether (sulfide) groups is 1. The van der Waals surface area contributed by atoms with Crippen molar-refractivity contribution in [3.63, 3.8) is 0 Å². The molecule has 1 unspecified atom stereocenters. The van der Waals surface area contributed by atoms with Crippen molar-refractivity contribution in [3.8, 4) is 5.75 Å². The number of nitrogens with zero attached hydrogens (tertiary/aromatic N) is 2. The van der Waals surface area contributed by atoms with Crippen molar-refractivity contribution in [2.75, 3.05) is 12.9 Å². The van der Waals surface area contributed by atoms with Crippen LogP contribution in [0.2, 0.25) is 0 Å². The fourth-order valence-corrected chi connectivity index (χ4v) is 5.81. The van der Waals surface area contributed by atoms with E-state index in [0.717, 1.165) is 58.5 Å². The van der Waals surface area contributed by atoms with Crippen molar-refractivity contribution in [2.24, 2.45) is 0 Å². The Kier molecular flexibility index (Phi) is 6.72. The molecule has 176 valence electrons. The molecule has 0 bridgehead atoms. The highest BCUT2D eigenvalue weighted by Crippen LogP contribution is 2.38. The Morgan fingerprint density at radius 2 is 1.91 bits per heavy atom. The average Bonchev–Trinajstić information content (AvgIpc) is 3.00. The lowest BCUT2D eigenvalue weighted by Gasteiger charge is -2.32. The molecule has 5 rings (SSSR count). The normalized spacial score (nSPS) is 18.9. The molecule has 1 fully saturated rings. The Morgan fingerprint density at radius 1 is 1.12 bits per heavy atom. The fourth-order valence-electron chi connectivity index (χ4n) is 4.89. The third kappa shape index (κ3) is 4.75. The van der Waals surface area contributed by atoms with Gasteiger partial charge in [0.25, 0.3) is 0 Å². The zero-order valence-corrected chi connectivity index (χ0v) is 20.1. The fraction of sp³-hybridized carbons (Fsp3) is 0.370. The molecule has 1 N–H and O–H groups in total. The Hall–Kier alpha value is -3.06. The number of fused-ring (bicyclic) bond motifs is 2. The standard InChI is InChI=1S/C27H29N3O3S/c1-33-21-12-13-23-19(14-21)15-22-25(26(32)28-20-10-6-3-7-11-20)30(16-18-8-4-2-5-9-18)24(31)17-34-27(22)29-23/h2,4-5,8-9,12-15,20,25H,3,6-7,10-11,16-17H2,1H3,(H,28,32). The number of ether oxygens (including phenoxy) is 1. The maximum Gasteiger partial charge on any atom is 0.247 e. The van der Waals surface area contributed by atoms with Gasteiger partial charge in [0.2, 0.25) is 11.8 Å². The van der Waals surface area contributed by atoms with Gasteiger partial charge in [0.05, 0.1) is 18.4 Å². The van der Waals surface area contributed by atoms with Gasteiger partial charge in [0.15, 0.2) is 0 Å². The minimum atomic E-state index is -0.734. The maximum absolute atomic E-state index is 13.8. The average molecular weight is 476 g/mol. The third-order valence-electron chi connectivity index (χ3n) is 6.67. The van der Waals surface area contributed by atoms with Gasteiger partial charge >= 0.3 is 0 Å². The van der Waals surface area contributed by atoms with E-state index in [-0.39, 0.29) is 23.6 Å². The van der Waals surface area contributed by atoms with Crippen LogP contribution in [-0.4, -0.2) is 40.6 Å². The summed E-state index contributed by atoms with van der Waals surface area (Å²) in [6, 6.07) is 17.0. The summed E-state index contributed by atoms with van der Waals surface area (Å²) < 4.78 is 5.41. The van der Waals surface area contributed by atoms with Crippen LogP contribution in [0.15, 0.2) is 59.6 Å². The van der Waals surface area contributed by atoms with Crippen LogP contribution in [0.3, 0.4) is 0 Å². The number of pyridine rings is 1. The monoisotopic (exact) mass is 475 g/mol. The smallest absolute Gasteiger partial charge is 0.247 e. The third-order valence-corrected chi connectivity index (χ3v) is 7.66. The Bertz CT molecular complexity index is 1190. The lowest BCUT2D eigenvalue weighted by molar-refractivity contribution is -0.140. The van der Waals surface area contributed by atoms with Crippen molar-refractivity contribution < 1.29 is 14.3 Å². The number of amides is 2. The van der Waals surface area contributed by atoms with E-state index in [1.165, 1.54) is 18.2 Å². The molecule has 2 amide bonds. The summed E-state index contributed by atoms with van der Waals surface area (Å²) in [6.07, 6.45) is 5.44. The van der Waals surface area contributed by atoms with E-state index >= 15 is 0 Å². The summed E-state index contributed by atoms with van der Waals surface area (Å²) in [5.41, 5.74) is 2.60. The number of aromatic nitrogens is 1. The summed E-state index contributed by atoms with van der Waals surface area (Å²) in [6.45, 7) is 0.374. The van der Waals surface area contributed by atoms with Gasteiger partial charge in [0, 0.05) is 23.5 Å². The Morgan fingerprint density at radius 3 is 2.68 bits per heavy atom. The van der Waals surface area contributed by atoms with Gasteiger partial charge in [0.1, 0.15) is 16.8 Å². The van der Waals surface area contributed by atoms with E-state index in [9.17, 15) is 9.59 Å². The molecule has 34 heavy (non-hydrogen) atoms. The highest BCUT2D eigenvalue weighted by molar-refractivity contribution is 8.00. The highest BCUT2D eigenvalue weighted by Gasteiger charge is 2.37. The van der Waals surface area contributed by atoms with Crippen molar-refractivity contribution >= 4 is 34.5 Å². The lowest BCUT2D eigenvalue weighted by Crippen LogP contribution is -2.46. The minimum absolute atomic E-state index is 0.0581. The van der Waals surface area contributed by atoms with E-state index in [4.69, 9.17) is 9.72 Å². The quantitative estimate of drug-likeness (QED) is 0.570. The molecule has 0 saturated heterocycles. The van der Waals surface area contributed by atoms with Gasteiger partial charge in [-0.1, -0.05) is 61.4 Å². The van der Waals surface area contributed by atoms with Crippen LogP contribution >= 0.6 is 11.8 Å². The van der Waals surface area contributed by atoms with Crippen LogP contribution in [0.1, 0.15) is 49.3 Å². The summed E-state index contributed by atoms with van der Waals surface area (Å²) in [7, 11) is 1.63. The molecule has 2 aromatic carbocycles. The van der Waals surface area contributed by atoms with Gasteiger partial charge in [-0.15, -0.1) is 0 Å². The number of methoxy groups -OCH3 is 1. The topological polar surface area (TPSA) is 71.5 Å². The van der Waals surface area contributed by atoms with Crippen LogP contribution in [0.25, 0.3) is 10.9 Å². The Labute approximate surface area is 204 Å². The van der Waals surface area contributed by atoms with Crippen LogP contribution in [0.4, 0.5) is 0 Å². The van der Waals surface area contributed by atoms with Crippen molar-refractivity contribution in [1.82, 2.24) is 15.2 Å². The number of benzene rings is 2. The van der Waals surface area contributed by atoms with Crippen molar-refractivity contribution in [1.29, 1.82) is 0 Å². The van der Waals surface area contributed by atoms with E-state index < -0.39 is 6.04 Å². The van der Waals surface area contributed by atoms with E-state index in [0.29, 0.717) is 6.54 Å². The first-order valence-corrected chi connectivity index (χ1v) is 12.9. The second-order valence-electron chi connectivity index (χ2n) is 8.98. The first kappa shape index (κ1) is 22.7. The number of hydrogen-bond donors (Lipinski definition) is 1. The Balaban J connectivity index is 1.58. The predicted molar refractivity (Wildman–Crippen MR) is 134 cm³/mol. The second kappa shape index (κ2) is 10.1. The molecule has 1 aromatic heterocycles. The highest BCUT2D eigenvalue weighted by atomic mass is 32.2. The van der Waals surface area contributed by atoms with Crippen molar-refractivity contribution in [2.45, 2.75) is 55.8 Å². The van der Waals surface area contributed by atoms with Gasteiger partial charge < -0.3 is 15.0 Å². The largest absolute Gasteiger partial charge is 0.497 e. The van der Waals surface area contributed by atoms with Crippen LogP contribution in [0.5, 0.6) is 5.75 Å². The molecule has 3 aromatic rings. The zero-order chi connectivity index (χ0) is 23.5. The minimum Gasteiger partial charge on any atom is -0.497 e. The first-order chi connectivity index (χ1) is 16.6. The molecule has 0 radical (unpaired) electrons. The van der Waals surface area contributed by atoms with Gasteiger partial charge in [-0.3, -0.25) is 9.59 Å². The van der Waals surface area contributed by atoms with Gasteiger partial charge in [-0.25, -0.2) is 4.98 Å². The molecule has 2 aliphatic rings. The van der Waals surface area contributed by atoms with E-state index in [2.05, 4.69) is 5.32 Å². The first-order valence-electron chi connectivity index (χ1n) is 11.9. The number of rotatable bonds is 5. The number of carbonyl (C=O) groups is 2. The number of hydrogen-bond acceptors (Lipinski definition) is 5. The SMILES string of the molecule is COc1ccc2nc3c(cc2c1)C(C(=O)NC1CCCCC1)N(Cc1ccccc1)C(=O)CS3. The molecule has 1 atom stereocenters. The molecule has 6 nitrogen and oxygen atoms in total. The van der Waals surface area contributed by atoms with E-state index in [1.54, 1.807) is 12.0 Å². The summed E-state index contributed by atoms with van der Waals surface area (Å²) in [4.78, 5) is 33.8. The number of carbonyl (C=O) groups excluding carboxylic acids is 2. The predicted octanol–water partition coefficient (Wildman–Crippen LogP) is 4.87. The molecule has 1 saturated carbocycles. The zero-order valence-electron chi connectivity index (χ0n) is 19.3. The molecular formula is C27H29N3O3S. The summed E-state index contributed by atoms with van der Waals surface area (Å²) >= 11 is 1.41. The second-order valence-corrected chi connectivity index (χ2v) is 9.95. The number of nitrogens with one attached hydrogen (secondary N) is 1. The van der Waals surface area contributed by atoms with Crippen LogP contribution in [0, 0.1) is 0 Å². The van der Waals surface area contributed by atoms with Gasteiger partial charge in [-0.05, 0) is 42.7 Å². The molecular weight excluding hydrogens is 446 g/mol. The molecule has 1 aliphatic heterocycles. The molecule has 0 spiro atoms. The molecule has 2 heterocycles. The van der Waals surface area contributed by atoms with Crippen LogP contribution < -0.4 is 10.1 Å². The summed E-state index contributed by atoms with van der Waals surface area (Å²) in [5.74, 6) is 0.805. The molecule has 1 aliphatic carbocycles.